The number of allylic oxidation sites excluding steroid dienone is 3. The summed E-state index contributed by atoms with van der Waals surface area (Å²) in [6.45, 7) is 4.62. The summed E-state index contributed by atoms with van der Waals surface area (Å²) in [5.41, 5.74) is 12.1. The summed E-state index contributed by atoms with van der Waals surface area (Å²) in [5.74, 6) is 0. The number of hydrogen-bond donors (Lipinski definition) is 0. The number of nitrogens with zero attached hydrogens (tertiary/aromatic N) is 1. The quantitative estimate of drug-likeness (QED) is 0.194. The van der Waals surface area contributed by atoms with Gasteiger partial charge in [-0.2, -0.15) is 0 Å². The van der Waals surface area contributed by atoms with Gasteiger partial charge < -0.3 is 4.90 Å². The van der Waals surface area contributed by atoms with Gasteiger partial charge in [-0.05, 0) is 106 Å². The minimum Gasteiger partial charge on any atom is -0.306 e. The van der Waals surface area contributed by atoms with Crippen molar-refractivity contribution in [3.05, 3.63) is 137 Å². The molecular formula is C42H33NS2. The minimum atomic E-state index is 1.07. The van der Waals surface area contributed by atoms with Crippen molar-refractivity contribution in [2.45, 2.75) is 54.2 Å². The molecule has 0 N–H and O–H groups in total. The lowest BCUT2D eigenvalue weighted by Gasteiger charge is -2.40. The lowest BCUT2D eigenvalue weighted by atomic mass is 9.86. The van der Waals surface area contributed by atoms with Crippen LogP contribution in [0, 0.1) is 6.92 Å². The van der Waals surface area contributed by atoms with Crippen LogP contribution < -0.4 is 4.90 Å². The predicted molar refractivity (Wildman–Crippen MR) is 195 cm³/mol. The maximum Gasteiger partial charge on any atom is 0.0741 e. The molecule has 0 radical (unpaired) electrons. The Morgan fingerprint density at radius 1 is 0.711 bits per heavy atom. The van der Waals surface area contributed by atoms with Gasteiger partial charge in [0.15, 0.2) is 0 Å². The number of fused-ring (bicyclic) bond motifs is 5. The van der Waals surface area contributed by atoms with Crippen LogP contribution in [-0.2, 0) is 6.42 Å². The first-order valence-electron chi connectivity index (χ1n) is 16.1. The Morgan fingerprint density at radius 2 is 1.44 bits per heavy atom. The van der Waals surface area contributed by atoms with Crippen LogP contribution in [0.2, 0.25) is 0 Å². The molecule has 3 heteroatoms. The van der Waals surface area contributed by atoms with E-state index in [0.717, 1.165) is 25.7 Å². The molecule has 45 heavy (non-hydrogen) atoms. The Labute approximate surface area is 273 Å². The summed E-state index contributed by atoms with van der Waals surface area (Å²) >= 11 is 3.92. The highest BCUT2D eigenvalue weighted by atomic mass is 32.2. The van der Waals surface area contributed by atoms with Crippen LogP contribution in [0.25, 0.3) is 43.8 Å². The highest BCUT2D eigenvalue weighted by Crippen LogP contribution is 2.61. The van der Waals surface area contributed by atoms with E-state index in [1.807, 2.05) is 23.5 Å². The molecule has 0 spiro atoms. The molecule has 0 unspecified atom stereocenters. The largest absolute Gasteiger partial charge is 0.306 e. The predicted octanol–water partition coefficient (Wildman–Crippen LogP) is 12.9. The summed E-state index contributed by atoms with van der Waals surface area (Å²) in [4.78, 5) is 8.11. The number of rotatable bonds is 4. The van der Waals surface area contributed by atoms with Crippen LogP contribution in [-0.4, -0.2) is 0 Å². The number of hydrogen-bond acceptors (Lipinski definition) is 3. The van der Waals surface area contributed by atoms with Crippen molar-refractivity contribution in [3.63, 3.8) is 0 Å². The molecule has 0 saturated heterocycles. The zero-order valence-corrected chi connectivity index (χ0v) is 27.2. The van der Waals surface area contributed by atoms with E-state index < -0.39 is 0 Å². The molecule has 0 amide bonds. The molecule has 6 aromatic carbocycles. The van der Waals surface area contributed by atoms with E-state index >= 15 is 0 Å². The molecule has 2 aliphatic heterocycles. The second kappa shape index (κ2) is 10.7. The molecule has 0 bridgehead atoms. The van der Waals surface area contributed by atoms with Gasteiger partial charge in [0.25, 0.3) is 0 Å². The Morgan fingerprint density at radius 3 is 2.29 bits per heavy atom. The molecule has 0 fully saturated rings. The molecule has 3 aliphatic rings. The first kappa shape index (κ1) is 27.2. The van der Waals surface area contributed by atoms with Crippen LogP contribution in [0.5, 0.6) is 0 Å². The number of thioether (sulfide) groups is 1. The summed E-state index contributed by atoms with van der Waals surface area (Å²) in [7, 11) is 0. The van der Waals surface area contributed by atoms with Gasteiger partial charge in [0.05, 0.1) is 17.1 Å². The Bertz CT molecular complexity index is 2260. The normalized spacial score (nSPS) is 14.9. The van der Waals surface area contributed by atoms with Crippen LogP contribution in [0.3, 0.4) is 0 Å². The first-order chi connectivity index (χ1) is 22.2. The maximum atomic E-state index is 2.58. The average Bonchev–Trinajstić information content (AvgIpc) is 3.07. The molecule has 6 aromatic rings. The van der Waals surface area contributed by atoms with Gasteiger partial charge in [-0.3, -0.25) is 0 Å². The van der Waals surface area contributed by atoms with Crippen molar-refractivity contribution >= 4 is 56.4 Å². The smallest absolute Gasteiger partial charge is 0.0741 e. The SMILES string of the molecule is CCCc1cc2ccccc2cc1-c1cccc(-c2c3c(cc4ccccc24)N2C4=C(CCC=C4)Sc4cccc(c42)S3)c1C. The topological polar surface area (TPSA) is 3.24 Å². The van der Waals surface area contributed by atoms with Crippen molar-refractivity contribution in [3.8, 4) is 22.3 Å². The molecule has 0 aromatic heterocycles. The third-order valence-electron chi connectivity index (χ3n) is 9.58. The number of para-hydroxylation sites is 1. The van der Waals surface area contributed by atoms with E-state index in [4.69, 9.17) is 0 Å². The highest BCUT2D eigenvalue weighted by Gasteiger charge is 2.35. The number of anilines is 2. The molecule has 1 nitrogen and oxygen atoms in total. The lowest BCUT2D eigenvalue weighted by Crippen LogP contribution is -2.24. The van der Waals surface area contributed by atoms with E-state index in [0.29, 0.717) is 0 Å². The zero-order chi connectivity index (χ0) is 30.1. The first-order valence-corrected chi connectivity index (χ1v) is 17.7. The van der Waals surface area contributed by atoms with Crippen molar-refractivity contribution in [2.75, 3.05) is 4.90 Å². The summed E-state index contributed by atoms with van der Waals surface area (Å²) in [5, 5.41) is 5.22. The Balaban J connectivity index is 1.32. The summed E-state index contributed by atoms with van der Waals surface area (Å²) in [6, 6.07) is 38.9. The van der Waals surface area contributed by atoms with Crippen LogP contribution in [0.1, 0.15) is 37.3 Å². The summed E-state index contributed by atoms with van der Waals surface area (Å²) in [6.07, 6.45) is 9.12. The molecule has 0 atom stereocenters. The van der Waals surface area contributed by atoms with Crippen molar-refractivity contribution in [1.29, 1.82) is 0 Å². The van der Waals surface area contributed by atoms with Crippen LogP contribution >= 0.6 is 23.5 Å². The van der Waals surface area contributed by atoms with E-state index in [2.05, 4.69) is 134 Å². The fraction of sp³-hybridized carbons (Fsp3) is 0.143. The second-order valence-corrected chi connectivity index (χ2v) is 14.5. The van der Waals surface area contributed by atoms with Gasteiger partial charge in [0, 0.05) is 25.2 Å². The Kier molecular flexibility index (Phi) is 6.47. The van der Waals surface area contributed by atoms with E-state index in [-0.39, 0.29) is 0 Å². The van der Waals surface area contributed by atoms with E-state index in [9.17, 15) is 0 Å². The maximum absolute atomic E-state index is 2.58. The average molecular weight is 616 g/mol. The fourth-order valence-electron chi connectivity index (χ4n) is 7.50. The van der Waals surface area contributed by atoms with Crippen LogP contribution in [0.4, 0.5) is 11.4 Å². The molecule has 1 aliphatic carbocycles. The second-order valence-electron chi connectivity index (χ2n) is 12.3. The molecular weight excluding hydrogens is 583 g/mol. The Hall–Kier alpha value is -4.18. The molecule has 218 valence electrons. The zero-order valence-electron chi connectivity index (χ0n) is 25.6. The van der Waals surface area contributed by atoms with Crippen LogP contribution in [0.15, 0.2) is 141 Å². The fourth-order valence-corrected chi connectivity index (χ4v) is 10.00. The minimum absolute atomic E-state index is 1.07. The van der Waals surface area contributed by atoms with Gasteiger partial charge >= 0.3 is 0 Å². The number of aryl methyl sites for hydroxylation is 1. The van der Waals surface area contributed by atoms with E-state index in [1.165, 1.54) is 91.6 Å². The summed E-state index contributed by atoms with van der Waals surface area (Å²) < 4.78 is 0. The van der Waals surface area contributed by atoms with Crippen molar-refractivity contribution in [1.82, 2.24) is 0 Å². The number of benzene rings is 6. The van der Waals surface area contributed by atoms with Crippen molar-refractivity contribution in [2.24, 2.45) is 0 Å². The third kappa shape index (κ3) is 4.25. The third-order valence-corrected chi connectivity index (χ3v) is 12.0. The highest BCUT2D eigenvalue weighted by molar-refractivity contribution is 8.03. The van der Waals surface area contributed by atoms with Gasteiger partial charge in [0.2, 0.25) is 0 Å². The van der Waals surface area contributed by atoms with Gasteiger partial charge in [0.1, 0.15) is 0 Å². The standard InChI is InChI=1S/C42H33NS2/c1-3-12-29-23-27-13-4-5-14-28(27)24-34(29)31-17-10-18-32(26(31)2)40-33-16-7-6-15-30(33)25-36-42(40)45-39-22-11-21-38-41(39)43(36)35-19-8-9-20-37(35)44-38/h4-8,10-11,13-19,21-25H,3,9,12,20H2,1-2H3. The van der Waals surface area contributed by atoms with E-state index in [1.54, 1.807) is 0 Å². The monoisotopic (exact) mass is 615 g/mol. The van der Waals surface area contributed by atoms with Crippen molar-refractivity contribution < 1.29 is 0 Å². The van der Waals surface area contributed by atoms with Gasteiger partial charge in [-0.15, -0.1) is 0 Å². The molecule has 0 saturated carbocycles. The van der Waals surface area contributed by atoms with Gasteiger partial charge in [-0.1, -0.05) is 122 Å². The lowest BCUT2D eigenvalue weighted by molar-refractivity contribution is 0.925. The molecule has 9 rings (SSSR count). The van der Waals surface area contributed by atoms with Gasteiger partial charge in [-0.25, -0.2) is 0 Å². The molecule has 2 heterocycles.